The van der Waals surface area contributed by atoms with Gasteiger partial charge in [0.05, 0.1) is 16.8 Å². The Hall–Kier alpha value is -3.20. The van der Waals surface area contributed by atoms with Crippen LogP contribution in [0.2, 0.25) is 0 Å². The molecule has 5 rings (SSSR count). The van der Waals surface area contributed by atoms with Gasteiger partial charge in [-0.1, -0.05) is 60.7 Å². The van der Waals surface area contributed by atoms with Crippen LogP contribution in [-0.4, -0.2) is 16.1 Å². The van der Waals surface area contributed by atoms with Crippen molar-refractivity contribution < 1.29 is 9.59 Å². The van der Waals surface area contributed by atoms with Crippen molar-refractivity contribution in [1.29, 1.82) is 0 Å². The fraction of sp³-hybridized carbons (Fsp3) is 0.130. The molecule has 0 saturated carbocycles. The molecule has 3 heteroatoms. The number of fused-ring (bicyclic) bond motifs is 3. The Morgan fingerprint density at radius 2 is 1.42 bits per heavy atom. The van der Waals surface area contributed by atoms with Crippen LogP contribution < -0.4 is 0 Å². The zero-order valence-corrected chi connectivity index (χ0v) is 14.2. The summed E-state index contributed by atoms with van der Waals surface area (Å²) in [7, 11) is 0. The number of benzene rings is 2. The molecule has 1 aliphatic carbocycles. The lowest BCUT2D eigenvalue weighted by molar-refractivity contribution is 0.100. The Morgan fingerprint density at radius 1 is 0.769 bits per heavy atom. The predicted octanol–water partition coefficient (Wildman–Crippen LogP) is 4.56. The monoisotopic (exact) mass is 339 g/mol. The summed E-state index contributed by atoms with van der Waals surface area (Å²) in [4.78, 5) is 26.4. The molecule has 26 heavy (non-hydrogen) atoms. The molecule has 0 amide bonds. The first-order valence-corrected chi connectivity index (χ1v) is 8.92. The molecule has 2 heterocycles. The van der Waals surface area contributed by atoms with Gasteiger partial charge in [-0.2, -0.15) is 0 Å². The zero-order chi connectivity index (χ0) is 17.7. The molecule has 0 radical (unpaired) electrons. The molecular weight excluding hydrogens is 322 g/mol. The molecule has 1 aromatic heterocycles. The molecule has 0 unspecified atom stereocenters. The highest BCUT2D eigenvalue weighted by molar-refractivity contribution is 6.40. The van der Waals surface area contributed by atoms with E-state index in [0.717, 1.165) is 41.9 Å². The molecule has 3 aromatic rings. The first kappa shape index (κ1) is 15.1. The molecule has 0 spiro atoms. The minimum Gasteiger partial charge on any atom is -0.343 e. The Kier molecular flexibility index (Phi) is 3.29. The number of ketones is 2. The van der Waals surface area contributed by atoms with Crippen molar-refractivity contribution in [2.75, 3.05) is 0 Å². The number of nitrogens with zero attached hydrogens (tertiary/aromatic N) is 1. The highest BCUT2D eigenvalue weighted by Crippen LogP contribution is 2.41. The minimum atomic E-state index is -0.0497. The number of rotatable bonds is 2. The van der Waals surface area contributed by atoms with Crippen LogP contribution in [0.3, 0.4) is 0 Å². The summed E-state index contributed by atoms with van der Waals surface area (Å²) in [6.07, 6.45) is 3.38. The average Bonchev–Trinajstić information content (AvgIpc) is 3.26. The number of carbonyl (C=O) groups excluding carboxylic acids is 2. The molecule has 0 atom stereocenters. The van der Waals surface area contributed by atoms with Crippen LogP contribution in [0.4, 0.5) is 0 Å². The third-order valence-corrected chi connectivity index (χ3v) is 5.29. The largest absolute Gasteiger partial charge is 0.343 e. The van der Waals surface area contributed by atoms with Gasteiger partial charge in [0.15, 0.2) is 11.6 Å². The molecule has 0 fully saturated rings. The van der Waals surface area contributed by atoms with Crippen molar-refractivity contribution in [3.8, 4) is 11.3 Å². The predicted molar refractivity (Wildman–Crippen MR) is 101 cm³/mol. The van der Waals surface area contributed by atoms with E-state index >= 15 is 0 Å². The second-order valence-corrected chi connectivity index (χ2v) is 6.78. The number of Topliss-reactive ketones (excluding diaryl/α,β-unsaturated/α-hetero) is 1. The van der Waals surface area contributed by atoms with Gasteiger partial charge in [-0.3, -0.25) is 9.59 Å². The first-order valence-electron chi connectivity index (χ1n) is 8.92. The lowest BCUT2D eigenvalue weighted by Gasteiger charge is -2.15. The lowest BCUT2D eigenvalue weighted by atomic mass is 9.85. The van der Waals surface area contributed by atoms with E-state index in [0.29, 0.717) is 16.7 Å². The van der Waals surface area contributed by atoms with Gasteiger partial charge in [0.25, 0.3) is 0 Å². The number of allylic oxidation sites excluding steroid dienone is 2. The van der Waals surface area contributed by atoms with E-state index in [1.165, 1.54) is 6.08 Å². The van der Waals surface area contributed by atoms with E-state index < -0.39 is 0 Å². The summed E-state index contributed by atoms with van der Waals surface area (Å²) in [5.74, 6) is -0.0992. The van der Waals surface area contributed by atoms with Crippen LogP contribution in [0.25, 0.3) is 16.8 Å². The molecule has 2 aromatic carbocycles. The Bertz CT molecular complexity index is 1070. The summed E-state index contributed by atoms with van der Waals surface area (Å²) in [5, 5.41) is 0. The van der Waals surface area contributed by atoms with E-state index in [1.54, 1.807) is 0 Å². The Labute approximate surface area is 151 Å². The van der Waals surface area contributed by atoms with Gasteiger partial charge in [0, 0.05) is 17.8 Å². The van der Waals surface area contributed by atoms with Crippen LogP contribution in [-0.2, 0) is 13.0 Å². The number of carbonyl (C=O) groups is 2. The van der Waals surface area contributed by atoms with Crippen molar-refractivity contribution in [3.63, 3.8) is 0 Å². The van der Waals surface area contributed by atoms with Crippen LogP contribution in [0.15, 0.2) is 66.7 Å². The molecule has 1 aliphatic heterocycles. The van der Waals surface area contributed by atoms with Crippen molar-refractivity contribution in [2.24, 2.45) is 0 Å². The van der Waals surface area contributed by atoms with Crippen molar-refractivity contribution in [2.45, 2.75) is 19.4 Å². The fourth-order valence-electron chi connectivity index (χ4n) is 4.20. The Morgan fingerprint density at radius 3 is 2.12 bits per heavy atom. The standard InChI is InChI=1S/C23H17NO2/c25-19-14-17(15-8-3-1-4-9-15)23(26)21-20(19)18-12-7-13-24(18)22(21)16-10-5-2-6-11-16/h1-6,8-11,14H,7,12-13H2. The summed E-state index contributed by atoms with van der Waals surface area (Å²) in [6.45, 7) is 0.855. The van der Waals surface area contributed by atoms with Gasteiger partial charge < -0.3 is 4.57 Å². The van der Waals surface area contributed by atoms with Gasteiger partial charge >= 0.3 is 0 Å². The van der Waals surface area contributed by atoms with Crippen LogP contribution >= 0.6 is 0 Å². The first-order chi connectivity index (χ1) is 12.8. The van der Waals surface area contributed by atoms with Gasteiger partial charge in [-0.05, 0) is 30.0 Å². The Balaban J connectivity index is 1.78. The van der Waals surface area contributed by atoms with Gasteiger partial charge in [-0.25, -0.2) is 0 Å². The molecule has 126 valence electrons. The normalized spacial score (nSPS) is 15.6. The number of aromatic nitrogens is 1. The maximum absolute atomic E-state index is 13.4. The smallest absolute Gasteiger partial charge is 0.196 e. The van der Waals surface area contributed by atoms with E-state index in [4.69, 9.17) is 0 Å². The van der Waals surface area contributed by atoms with E-state index in [1.807, 2.05) is 60.7 Å². The van der Waals surface area contributed by atoms with Crippen LogP contribution in [0.1, 0.15) is 38.4 Å². The molecule has 2 aliphatic rings. The van der Waals surface area contributed by atoms with E-state index in [-0.39, 0.29) is 11.6 Å². The van der Waals surface area contributed by atoms with Crippen molar-refractivity contribution in [3.05, 3.63) is 89.1 Å². The fourth-order valence-corrected chi connectivity index (χ4v) is 4.20. The maximum Gasteiger partial charge on any atom is 0.196 e. The summed E-state index contributed by atoms with van der Waals surface area (Å²) >= 11 is 0. The quantitative estimate of drug-likeness (QED) is 0.686. The average molecular weight is 339 g/mol. The van der Waals surface area contributed by atoms with Crippen molar-refractivity contribution >= 4 is 17.1 Å². The molecule has 0 N–H and O–H groups in total. The van der Waals surface area contributed by atoms with Gasteiger partial charge in [0.1, 0.15) is 0 Å². The SMILES string of the molecule is O=C1C=C(c2ccccc2)C(=O)c2c1c1n(c2-c2ccccc2)CCC1. The van der Waals surface area contributed by atoms with Gasteiger partial charge in [0.2, 0.25) is 0 Å². The van der Waals surface area contributed by atoms with E-state index in [9.17, 15) is 9.59 Å². The molecule has 0 saturated heterocycles. The third-order valence-electron chi connectivity index (χ3n) is 5.29. The second-order valence-electron chi connectivity index (χ2n) is 6.78. The van der Waals surface area contributed by atoms with Crippen LogP contribution in [0.5, 0.6) is 0 Å². The number of hydrogen-bond acceptors (Lipinski definition) is 2. The molecule has 3 nitrogen and oxygen atoms in total. The minimum absolute atomic E-state index is 0.0495. The summed E-state index contributed by atoms with van der Waals surface area (Å²) < 4.78 is 2.18. The topological polar surface area (TPSA) is 39.1 Å². The summed E-state index contributed by atoms with van der Waals surface area (Å²) in [5.41, 5.74) is 5.38. The van der Waals surface area contributed by atoms with Crippen molar-refractivity contribution in [1.82, 2.24) is 4.57 Å². The highest BCUT2D eigenvalue weighted by Gasteiger charge is 2.37. The summed E-state index contributed by atoms with van der Waals surface area (Å²) in [6, 6.07) is 19.4. The lowest BCUT2D eigenvalue weighted by Crippen LogP contribution is -2.16. The van der Waals surface area contributed by atoms with Crippen LogP contribution in [0, 0.1) is 0 Å². The highest BCUT2D eigenvalue weighted by atomic mass is 16.1. The molecular formula is C23H17NO2. The zero-order valence-electron chi connectivity index (χ0n) is 14.2. The van der Waals surface area contributed by atoms with E-state index in [2.05, 4.69) is 4.57 Å². The maximum atomic E-state index is 13.4. The second kappa shape index (κ2) is 5.67. The molecule has 0 bridgehead atoms. The third kappa shape index (κ3) is 2.07. The number of hydrogen-bond donors (Lipinski definition) is 0. The van der Waals surface area contributed by atoms with Gasteiger partial charge in [-0.15, -0.1) is 0 Å².